The summed E-state index contributed by atoms with van der Waals surface area (Å²) >= 11 is 0. The zero-order valence-electron chi connectivity index (χ0n) is 22.0. The van der Waals surface area contributed by atoms with E-state index in [0.29, 0.717) is 13.0 Å². The number of carbonyl (C=O) groups excluding carboxylic acids is 2. The zero-order valence-corrected chi connectivity index (χ0v) is 22.0. The molecule has 4 saturated carbocycles. The van der Waals surface area contributed by atoms with Crippen molar-refractivity contribution in [1.82, 2.24) is 0 Å². The Morgan fingerprint density at radius 1 is 1.05 bits per heavy atom. The van der Waals surface area contributed by atoms with Crippen LogP contribution in [0.3, 0.4) is 0 Å². The summed E-state index contributed by atoms with van der Waals surface area (Å²) in [6.07, 6.45) is 7.61. The molecule has 3 N–H and O–H groups in total. The van der Waals surface area contributed by atoms with E-state index in [0.717, 1.165) is 56.9 Å². The lowest BCUT2D eigenvalue weighted by Crippen LogP contribution is -2.63. The summed E-state index contributed by atoms with van der Waals surface area (Å²) in [5, 5.41) is 32.5. The quantitative estimate of drug-likeness (QED) is 0.295. The van der Waals surface area contributed by atoms with Crippen molar-refractivity contribution >= 4 is 12.3 Å². The van der Waals surface area contributed by atoms with Crippen LogP contribution in [-0.4, -0.2) is 70.5 Å². The SMILES string of the molecule is C[C@H]1O[C@@H](O[C@H]2CC[C@@]3(C=O)[C@@H](CC[C@@H]4[C@@H]3CC[C@]3(C)[C@@H](C5=CC(=O)OC5)CC[C@]43O)C2)C[C@H](O)[C@H]1O. The van der Waals surface area contributed by atoms with E-state index < -0.39 is 35.6 Å². The van der Waals surface area contributed by atoms with Gasteiger partial charge in [0.25, 0.3) is 0 Å². The van der Waals surface area contributed by atoms with Gasteiger partial charge in [0.1, 0.15) is 19.0 Å². The van der Waals surface area contributed by atoms with E-state index in [2.05, 4.69) is 6.92 Å². The Morgan fingerprint density at radius 2 is 1.86 bits per heavy atom. The highest BCUT2D eigenvalue weighted by Crippen LogP contribution is 2.69. The van der Waals surface area contributed by atoms with Crippen molar-refractivity contribution in [3.8, 4) is 0 Å². The maximum atomic E-state index is 12.9. The molecule has 8 nitrogen and oxygen atoms in total. The summed E-state index contributed by atoms with van der Waals surface area (Å²) in [7, 11) is 0. The Balaban J connectivity index is 1.18. The summed E-state index contributed by atoms with van der Waals surface area (Å²) in [5.41, 5.74) is -0.578. The smallest absolute Gasteiger partial charge is 0.331 e. The van der Waals surface area contributed by atoms with Crippen molar-refractivity contribution in [3.05, 3.63) is 11.6 Å². The summed E-state index contributed by atoms with van der Waals surface area (Å²) in [5.74, 6) is 0.301. The number of hydrogen-bond acceptors (Lipinski definition) is 8. The van der Waals surface area contributed by atoms with E-state index in [-0.39, 0.29) is 47.6 Å². The Hall–Kier alpha value is -1.32. The Kier molecular flexibility index (Phi) is 6.39. The van der Waals surface area contributed by atoms with Crippen LogP contribution in [0, 0.1) is 34.5 Å². The number of carbonyl (C=O) groups is 2. The van der Waals surface area contributed by atoms with E-state index in [4.69, 9.17) is 14.2 Å². The molecule has 0 radical (unpaired) electrons. The third-order valence-corrected chi connectivity index (χ3v) is 11.7. The molecule has 1 saturated heterocycles. The highest BCUT2D eigenvalue weighted by atomic mass is 16.7. The van der Waals surface area contributed by atoms with Crippen molar-refractivity contribution < 1.29 is 39.1 Å². The fraction of sp³-hybridized carbons (Fsp3) is 0.862. The molecule has 2 heterocycles. The van der Waals surface area contributed by atoms with Crippen LogP contribution in [0.2, 0.25) is 0 Å². The van der Waals surface area contributed by atoms with Crippen LogP contribution in [0.1, 0.15) is 78.1 Å². The van der Waals surface area contributed by atoms with Gasteiger partial charge in [-0.2, -0.15) is 0 Å². The lowest BCUT2D eigenvalue weighted by atomic mass is 9.43. The van der Waals surface area contributed by atoms with Gasteiger partial charge in [-0.05, 0) is 94.0 Å². The molecule has 0 unspecified atom stereocenters. The Labute approximate surface area is 218 Å². The second-order valence-electron chi connectivity index (χ2n) is 13.1. The van der Waals surface area contributed by atoms with Crippen molar-refractivity contribution in [3.63, 3.8) is 0 Å². The third-order valence-electron chi connectivity index (χ3n) is 11.7. The van der Waals surface area contributed by atoms with Crippen LogP contribution in [0.4, 0.5) is 0 Å². The predicted molar refractivity (Wildman–Crippen MR) is 132 cm³/mol. The Morgan fingerprint density at radius 3 is 2.57 bits per heavy atom. The van der Waals surface area contributed by atoms with Crippen LogP contribution in [0.15, 0.2) is 11.6 Å². The van der Waals surface area contributed by atoms with Crippen LogP contribution in [0.25, 0.3) is 0 Å². The van der Waals surface area contributed by atoms with Crippen LogP contribution in [-0.2, 0) is 23.8 Å². The van der Waals surface area contributed by atoms with Gasteiger partial charge >= 0.3 is 5.97 Å². The summed E-state index contributed by atoms with van der Waals surface area (Å²) in [4.78, 5) is 24.7. The highest BCUT2D eigenvalue weighted by Gasteiger charge is 2.68. The van der Waals surface area contributed by atoms with Crippen molar-refractivity contribution in [2.75, 3.05) is 6.61 Å². The van der Waals surface area contributed by atoms with Gasteiger partial charge in [0.2, 0.25) is 0 Å². The second kappa shape index (κ2) is 9.12. The number of cyclic esters (lactones) is 1. The molecule has 0 aromatic carbocycles. The van der Waals surface area contributed by atoms with Gasteiger partial charge in [0.15, 0.2) is 6.29 Å². The molecule has 0 aromatic rings. The molecule has 8 heteroatoms. The first-order valence-electron chi connectivity index (χ1n) is 14.3. The van der Waals surface area contributed by atoms with E-state index in [1.165, 1.54) is 6.29 Å². The van der Waals surface area contributed by atoms with Gasteiger partial charge in [-0.3, -0.25) is 0 Å². The maximum absolute atomic E-state index is 12.9. The Bertz CT molecular complexity index is 954. The first-order chi connectivity index (χ1) is 17.6. The molecule has 2 aliphatic heterocycles. The predicted octanol–water partition coefficient (Wildman–Crippen LogP) is 2.66. The van der Waals surface area contributed by atoms with Crippen LogP contribution >= 0.6 is 0 Å². The first kappa shape index (κ1) is 25.9. The van der Waals surface area contributed by atoms with Gasteiger partial charge in [-0.15, -0.1) is 0 Å². The lowest BCUT2D eigenvalue weighted by molar-refractivity contribution is -0.269. The van der Waals surface area contributed by atoms with Crippen molar-refractivity contribution in [1.29, 1.82) is 0 Å². The molecule has 6 aliphatic rings. The minimum atomic E-state index is -0.903. The first-order valence-corrected chi connectivity index (χ1v) is 14.3. The largest absolute Gasteiger partial charge is 0.458 e. The average molecular weight is 519 g/mol. The van der Waals surface area contributed by atoms with Gasteiger partial charge in [0, 0.05) is 23.3 Å². The number of fused-ring (bicyclic) bond motifs is 5. The van der Waals surface area contributed by atoms with Crippen molar-refractivity contribution in [2.24, 2.45) is 34.5 Å². The average Bonchev–Trinajstić information content (AvgIpc) is 3.42. The summed E-state index contributed by atoms with van der Waals surface area (Å²) in [6, 6.07) is 0. The van der Waals surface area contributed by atoms with E-state index in [1.54, 1.807) is 13.0 Å². The molecule has 0 aromatic heterocycles. The van der Waals surface area contributed by atoms with Gasteiger partial charge in [-0.1, -0.05) is 6.92 Å². The van der Waals surface area contributed by atoms with E-state index in [9.17, 15) is 24.9 Å². The lowest BCUT2D eigenvalue weighted by Gasteiger charge is -2.63. The molecule has 0 amide bonds. The molecule has 0 bridgehead atoms. The molecule has 37 heavy (non-hydrogen) atoms. The number of ether oxygens (including phenoxy) is 3. The fourth-order valence-corrected chi connectivity index (χ4v) is 9.75. The molecule has 6 rings (SSSR count). The minimum absolute atomic E-state index is 0.0473. The number of esters is 1. The van der Waals surface area contributed by atoms with E-state index >= 15 is 0 Å². The maximum Gasteiger partial charge on any atom is 0.331 e. The molecule has 206 valence electrons. The van der Waals surface area contributed by atoms with Crippen LogP contribution in [0.5, 0.6) is 0 Å². The summed E-state index contributed by atoms with van der Waals surface area (Å²) in [6.45, 7) is 4.28. The number of aldehydes is 1. The third kappa shape index (κ3) is 3.80. The molecule has 5 fully saturated rings. The second-order valence-corrected chi connectivity index (χ2v) is 13.1. The van der Waals surface area contributed by atoms with Gasteiger partial charge < -0.3 is 34.3 Å². The number of aliphatic hydroxyl groups excluding tert-OH is 2. The molecular weight excluding hydrogens is 476 g/mol. The molecular formula is C29H42O8. The minimum Gasteiger partial charge on any atom is -0.458 e. The van der Waals surface area contributed by atoms with E-state index in [1.807, 2.05) is 0 Å². The molecule has 4 aliphatic carbocycles. The molecule has 12 atom stereocenters. The van der Waals surface area contributed by atoms with Gasteiger partial charge in [0.05, 0.1) is 23.9 Å². The van der Waals surface area contributed by atoms with Gasteiger partial charge in [-0.25, -0.2) is 4.79 Å². The monoisotopic (exact) mass is 518 g/mol. The number of aliphatic hydroxyl groups is 3. The fourth-order valence-electron chi connectivity index (χ4n) is 9.75. The zero-order chi connectivity index (χ0) is 26.2. The normalized spacial score (nSPS) is 53.5. The molecule has 0 spiro atoms. The van der Waals surface area contributed by atoms with Crippen LogP contribution < -0.4 is 0 Å². The summed E-state index contributed by atoms with van der Waals surface area (Å²) < 4.78 is 17.3. The number of rotatable bonds is 4. The van der Waals surface area contributed by atoms with Crippen molar-refractivity contribution in [2.45, 2.75) is 114 Å². The topological polar surface area (TPSA) is 123 Å². The highest BCUT2D eigenvalue weighted by molar-refractivity contribution is 5.85. The standard InChI is InChI=1S/C29H42O8/c1-16-26(33)23(31)13-25(36-16)37-19-5-9-28(15-30)18(12-19)3-4-22-21(28)6-8-27(2)20(7-10-29(22,27)34)17-11-24(32)35-14-17/h11,15-16,18-23,25-26,31,33-34H,3-10,12-14H2,1-2H3/t16-,18+,19+,20-,21+,22-,23+,25+,26+,27-,28-,29+/m1/s1. The number of hydrogen-bond donors (Lipinski definition) is 3.